The van der Waals surface area contributed by atoms with E-state index in [2.05, 4.69) is 19.2 Å². The summed E-state index contributed by atoms with van der Waals surface area (Å²) in [6.45, 7) is 5.22. The van der Waals surface area contributed by atoms with Crippen LogP contribution in [0.15, 0.2) is 18.2 Å². The largest absolute Gasteiger partial charge is 0.356 e. The van der Waals surface area contributed by atoms with Crippen molar-refractivity contribution in [1.29, 1.82) is 0 Å². The van der Waals surface area contributed by atoms with Gasteiger partial charge in [-0.15, -0.1) is 0 Å². The molecule has 2 amide bonds. The summed E-state index contributed by atoms with van der Waals surface area (Å²) in [5.41, 5.74) is 0.639. The first-order valence-electron chi connectivity index (χ1n) is 7.41. The van der Waals surface area contributed by atoms with Gasteiger partial charge in [-0.25, -0.2) is 0 Å². The lowest BCUT2D eigenvalue weighted by Crippen LogP contribution is -2.33. The Kier molecular flexibility index (Phi) is 5.70. The fourth-order valence-corrected chi connectivity index (χ4v) is 2.97. The first-order chi connectivity index (χ1) is 10.4. The summed E-state index contributed by atoms with van der Waals surface area (Å²) < 4.78 is 0. The molecule has 1 aliphatic heterocycles. The molecule has 2 rings (SSSR count). The SMILES string of the molecule is CC(C)CCNC(=O)C1CC(=O)N(c2cc(Cl)cc(Cl)c2)C1. The van der Waals surface area contributed by atoms with E-state index in [1.54, 1.807) is 23.1 Å². The van der Waals surface area contributed by atoms with E-state index in [1.807, 2.05) is 0 Å². The summed E-state index contributed by atoms with van der Waals surface area (Å²) in [6, 6.07) is 4.98. The number of carbonyl (C=O) groups excluding carboxylic acids is 2. The van der Waals surface area contributed by atoms with Gasteiger partial charge in [0.15, 0.2) is 0 Å². The fraction of sp³-hybridized carbons (Fsp3) is 0.500. The summed E-state index contributed by atoms with van der Waals surface area (Å²) in [5, 5.41) is 3.85. The molecule has 0 aromatic heterocycles. The van der Waals surface area contributed by atoms with Crippen molar-refractivity contribution in [3.05, 3.63) is 28.2 Å². The number of amides is 2. The molecule has 1 fully saturated rings. The number of rotatable bonds is 5. The van der Waals surface area contributed by atoms with E-state index >= 15 is 0 Å². The normalized spacial score (nSPS) is 18.1. The molecule has 1 aliphatic rings. The topological polar surface area (TPSA) is 49.4 Å². The summed E-state index contributed by atoms with van der Waals surface area (Å²) in [7, 11) is 0. The number of anilines is 1. The summed E-state index contributed by atoms with van der Waals surface area (Å²) in [4.78, 5) is 25.9. The molecule has 1 aromatic carbocycles. The van der Waals surface area contributed by atoms with Gasteiger partial charge in [-0.1, -0.05) is 37.0 Å². The van der Waals surface area contributed by atoms with Gasteiger partial charge in [-0.05, 0) is 30.5 Å². The first kappa shape index (κ1) is 17.1. The highest BCUT2D eigenvalue weighted by Crippen LogP contribution is 2.30. The summed E-state index contributed by atoms with van der Waals surface area (Å²) in [6.07, 6.45) is 1.15. The number of hydrogen-bond acceptors (Lipinski definition) is 2. The monoisotopic (exact) mass is 342 g/mol. The highest BCUT2D eigenvalue weighted by molar-refractivity contribution is 6.35. The Bertz CT molecular complexity index is 555. The Hall–Kier alpha value is -1.26. The number of halogens is 2. The minimum absolute atomic E-state index is 0.0652. The molecule has 1 heterocycles. The standard InChI is InChI=1S/C16H20Cl2N2O2/c1-10(2)3-4-19-16(22)11-5-15(21)20(9-11)14-7-12(17)6-13(18)8-14/h6-8,10-11H,3-5,9H2,1-2H3,(H,19,22). The Balaban J connectivity index is 1.99. The highest BCUT2D eigenvalue weighted by Gasteiger charge is 2.35. The number of carbonyl (C=O) groups is 2. The van der Waals surface area contributed by atoms with Crippen molar-refractivity contribution in [2.45, 2.75) is 26.7 Å². The molecule has 0 spiro atoms. The van der Waals surface area contributed by atoms with Crippen molar-refractivity contribution in [1.82, 2.24) is 5.32 Å². The van der Waals surface area contributed by atoms with Crippen LogP contribution in [-0.4, -0.2) is 24.9 Å². The smallest absolute Gasteiger partial charge is 0.227 e. The second kappa shape index (κ2) is 7.34. The van der Waals surface area contributed by atoms with Gasteiger partial charge in [-0.2, -0.15) is 0 Å². The molecule has 120 valence electrons. The van der Waals surface area contributed by atoms with E-state index in [1.165, 1.54) is 0 Å². The molecule has 6 heteroatoms. The van der Waals surface area contributed by atoms with Gasteiger partial charge in [0.2, 0.25) is 11.8 Å². The second-order valence-electron chi connectivity index (χ2n) is 6.01. The van der Waals surface area contributed by atoms with Gasteiger partial charge >= 0.3 is 0 Å². The van der Waals surface area contributed by atoms with Crippen LogP contribution in [0.4, 0.5) is 5.69 Å². The predicted molar refractivity (Wildman–Crippen MR) is 89.4 cm³/mol. The predicted octanol–water partition coefficient (Wildman–Crippen LogP) is 3.51. The molecule has 0 aliphatic carbocycles. The summed E-state index contributed by atoms with van der Waals surface area (Å²) in [5.74, 6) is 0.0694. The summed E-state index contributed by atoms with van der Waals surface area (Å²) >= 11 is 11.9. The Morgan fingerprint density at radius 1 is 1.32 bits per heavy atom. The van der Waals surface area contributed by atoms with Crippen LogP contribution in [0, 0.1) is 11.8 Å². The number of hydrogen-bond donors (Lipinski definition) is 1. The highest BCUT2D eigenvalue weighted by atomic mass is 35.5. The minimum atomic E-state index is -0.322. The molecule has 1 unspecified atom stereocenters. The molecule has 1 N–H and O–H groups in total. The van der Waals surface area contributed by atoms with E-state index in [0.717, 1.165) is 6.42 Å². The molecule has 1 saturated heterocycles. The van der Waals surface area contributed by atoms with Crippen molar-refractivity contribution in [2.75, 3.05) is 18.0 Å². The van der Waals surface area contributed by atoms with E-state index in [4.69, 9.17) is 23.2 Å². The average Bonchev–Trinajstić information content (AvgIpc) is 2.79. The van der Waals surface area contributed by atoms with E-state index in [9.17, 15) is 9.59 Å². The van der Waals surface area contributed by atoms with Gasteiger partial charge in [0.25, 0.3) is 0 Å². The lowest BCUT2D eigenvalue weighted by Gasteiger charge is -2.17. The maximum Gasteiger partial charge on any atom is 0.227 e. The van der Waals surface area contributed by atoms with Crippen molar-refractivity contribution in [3.63, 3.8) is 0 Å². The van der Waals surface area contributed by atoms with Crippen molar-refractivity contribution in [2.24, 2.45) is 11.8 Å². The van der Waals surface area contributed by atoms with Crippen LogP contribution in [0.5, 0.6) is 0 Å². The number of benzene rings is 1. The fourth-order valence-electron chi connectivity index (χ4n) is 2.46. The molecule has 0 radical (unpaired) electrons. The molecule has 0 saturated carbocycles. The van der Waals surface area contributed by atoms with Crippen LogP contribution in [0.1, 0.15) is 26.7 Å². The third-order valence-electron chi connectivity index (χ3n) is 3.68. The zero-order valence-corrected chi connectivity index (χ0v) is 14.2. The van der Waals surface area contributed by atoms with Crippen LogP contribution in [0.25, 0.3) is 0 Å². The molecule has 0 bridgehead atoms. The lowest BCUT2D eigenvalue weighted by atomic mass is 10.1. The van der Waals surface area contributed by atoms with E-state index < -0.39 is 0 Å². The Morgan fingerprint density at radius 2 is 1.95 bits per heavy atom. The zero-order chi connectivity index (χ0) is 16.3. The maximum atomic E-state index is 12.2. The van der Waals surface area contributed by atoms with Crippen molar-refractivity contribution >= 4 is 40.7 Å². The van der Waals surface area contributed by atoms with E-state index in [0.29, 0.717) is 34.7 Å². The first-order valence-corrected chi connectivity index (χ1v) is 8.16. The van der Waals surface area contributed by atoms with Crippen LogP contribution in [0.3, 0.4) is 0 Å². The van der Waals surface area contributed by atoms with Gasteiger partial charge < -0.3 is 10.2 Å². The lowest BCUT2D eigenvalue weighted by molar-refractivity contribution is -0.126. The van der Waals surface area contributed by atoms with Gasteiger partial charge in [0.1, 0.15) is 0 Å². The number of nitrogens with one attached hydrogen (secondary N) is 1. The molecular formula is C16H20Cl2N2O2. The minimum Gasteiger partial charge on any atom is -0.356 e. The number of nitrogens with zero attached hydrogens (tertiary/aromatic N) is 1. The van der Waals surface area contributed by atoms with Crippen molar-refractivity contribution in [3.8, 4) is 0 Å². The second-order valence-corrected chi connectivity index (χ2v) is 6.88. The van der Waals surface area contributed by atoms with Crippen LogP contribution >= 0.6 is 23.2 Å². The zero-order valence-electron chi connectivity index (χ0n) is 12.7. The molecular weight excluding hydrogens is 323 g/mol. The van der Waals surface area contributed by atoms with Crippen LogP contribution < -0.4 is 10.2 Å². The van der Waals surface area contributed by atoms with Crippen LogP contribution in [-0.2, 0) is 9.59 Å². The van der Waals surface area contributed by atoms with Gasteiger partial charge in [-0.3, -0.25) is 9.59 Å². The maximum absolute atomic E-state index is 12.2. The van der Waals surface area contributed by atoms with Gasteiger partial charge in [0.05, 0.1) is 5.92 Å². The van der Waals surface area contributed by atoms with E-state index in [-0.39, 0.29) is 24.2 Å². The Labute approximate surface area is 140 Å². The third kappa shape index (κ3) is 4.37. The van der Waals surface area contributed by atoms with Crippen LogP contribution in [0.2, 0.25) is 10.0 Å². The quantitative estimate of drug-likeness (QED) is 0.889. The molecule has 1 aromatic rings. The molecule has 22 heavy (non-hydrogen) atoms. The van der Waals surface area contributed by atoms with Crippen molar-refractivity contribution < 1.29 is 9.59 Å². The third-order valence-corrected chi connectivity index (χ3v) is 4.11. The molecule has 4 nitrogen and oxygen atoms in total. The molecule has 1 atom stereocenters. The van der Waals surface area contributed by atoms with Gasteiger partial charge in [0, 0.05) is 35.2 Å². The average molecular weight is 343 g/mol. The Morgan fingerprint density at radius 3 is 2.55 bits per heavy atom.